The van der Waals surface area contributed by atoms with Gasteiger partial charge in [0.25, 0.3) is 5.91 Å². The average Bonchev–Trinajstić information content (AvgIpc) is 3.22. The van der Waals surface area contributed by atoms with E-state index in [-0.39, 0.29) is 17.4 Å². The quantitative estimate of drug-likeness (QED) is 0.266. The van der Waals surface area contributed by atoms with Crippen molar-refractivity contribution in [3.8, 4) is 11.5 Å². The molecule has 0 aliphatic rings. The monoisotopic (exact) mass is 460 g/mol. The van der Waals surface area contributed by atoms with Crippen molar-refractivity contribution in [3.63, 3.8) is 0 Å². The summed E-state index contributed by atoms with van der Waals surface area (Å²) in [5.74, 6) is 1.08. The molecule has 0 fully saturated rings. The fourth-order valence-electron chi connectivity index (χ4n) is 2.28. The second-order valence-electron chi connectivity index (χ2n) is 5.82. The van der Waals surface area contributed by atoms with Crippen LogP contribution in [0, 0.1) is 0 Å². The number of carbonyl (C=O) groups excluding carboxylic acids is 1. The fraction of sp³-hybridized carbons (Fsp3) is 0.200. The summed E-state index contributed by atoms with van der Waals surface area (Å²) in [5, 5.41) is 22.3. The van der Waals surface area contributed by atoms with Crippen LogP contribution in [0.15, 0.2) is 62.3 Å². The first-order valence-corrected chi connectivity index (χ1v) is 11.8. The summed E-state index contributed by atoms with van der Waals surface area (Å²) < 4.78 is 6.91. The first kappa shape index (κ1) is 22.1. The molecule has 0 unspecified atom stereocenters. The van der Waals surface area contributed by atoms with Crippen LogP contribution in [-0.2, 0) is 10.5 Å². The lowest BCUT2D eigenvalue weighted by Crippen LogP contribution is -2.19. The predicted octanol–water partition coefficient (Wildman–Crippen LogP) is 4.18. The molecule has 10 heteroatoms. The van der Waals surface area contributed by atoms with Gasteiger partial charge in [0.05, 0.1) is 18.6 Å². The molecule has 0 radical (unpaired) electrons. The van der Waals surface area contributed by atoms with E-state index in [1.807, 2.05) is 25.1 Å². The van der Waals surface area contributed by atoms with E-state index in [0.717, 1.165) is 14.4 Å². The van der Waals surface area contributed by atoms with Crippen LogP contribution in [0.2, 0.25) is 0 Å². The van der Waals surface area contributed by atoms with Crippen LogP contribution in [0.4, 0.5) is 0 Å². The highest BCUT2D eigenvalue weighted by atomic mass is 32.2. The molecule has 3 aromatic rings. The van der Waals surface area contributed by atoms with Crippen molar-refractivity contribution in [2.45, 2.75) is 21.4 Å². The third kappa shape index (κ3) is 6.75. The van der Waals surface area contributed by atoms with Gasteiger partial charge in [-0.2, -0.15) is 5.10 Å². The number of carbonyl (C=O) groups is 1. The zero-order valence-corrected chi connectivity index (χ0v) is 18.6. The van der Waals surface area contributed by atoms with Gasteiger partial charge < -0.3 is 9.84 Å². The van der Waals surface area contributed by atoms with E-state index < -0.39 is 0 Å². The maximum Gasteiger partial charge on any atom is 0.250 e. The van der Waals surface area contributed by atoms with Crippen molar-refractivity contribution in [2.24, 2.45) is 5.10 Å². The van der Waals surface area contributed by atoms with E-state index in [9.17, 15) is 9.90 Å². The van der Waals surface area contributed by atoms with Crippen molar-refractivity contribution < 1.29 is 14.6 Å². The van der Waals surface area contributed by atoms with E-state index in [1.54, 1.807) is 30.0 Å². The summed E-state index contributed by atoms with van der Waals surface area (Å²) in [6.45, 7) is 2.28. The smallest absolute Gasteiger partial charge is 0.250 e. The molecule has 0 aliphatic carbocycles. The van der Waals surface area contributed by atoms with Crippen molar-refractivity contribution >= 4 is 47.0 Å². The van der Waals surface area contributed by atoms with Crippen molar-refractivity contribution in [1.29, 1.82) is 0 Å². The Morgan fingerprint density at radius 2 is 1.93 bits per heavy atom. The number of amides is 1. The van der Waals surface area contributed by atoms with Gasteiger partial charge >= 0.3 is 0 Å². The molecule has 0 aliphatic heterocycles. The molecule has 0 spiro atoms. The van der Waals surface area contributed by atoms with Gasteiger partial charge in [-0.05, 0) is 24.6 Å². The molecule has 1 aromatic heterocycles. The normalized spacial score (nSPS) is 11.0. The van der Waals surface area contributed by atoms with Gasteiger partial charge in [0.1, 0.15) is 0 Å². The number of aromatic nitrogens is 2. The maximum atomic E-state index is 12.0. The highest BCUT2D eigenvalue weighted by Crippen LogP contribution is 2.31. The Hall–Kier alpha value is -2.56. The number of hydrazone groups is 1. The van der Waals surface area contributed by atoms with Gasteiger partial charge in [-0.15, -0.1) is 10.2 Å². The van der Waals surface area contributed by atoms with E-state index >= 15 is 0 Å². The molecule has 2 aromatic carbocycles. The number of phenols is 1. The summed E-state index contributed by atoms with van der Waals surface area (Å²) in [6, 6.07) is 15.2. The van der Waals surface area contributed by atoms with E-state index in [0.29, 0.717) is 17.9 Å². The molecule has 7 nitrogen and oxygen atoms in total. The number of hydrogen-bond donors (Lipinski definition) is 2. The molecule has 156 valence electrons. The summed E-state index contributed by atoms with van der Waals surface area (Å²) in [6.07, 6.45) is 1.38. The van der Waals surface area contributed by atoms with Gasteiger partial charge in [-0.25, -0.2) is 5.43 Å². The summed E-state index contributed by atoms with van der Waals surface area (Å²) in [7, 11) is 0. The van der Waals surface area contributed by atoms with E-state index in [1.165, 1.54) is 34.9 Å². The molecule has 1 heterocycles. The third-order valence-corrected chi connectivity index (χ3v) is 6.90. The van der Waals surface area contributed by atoms with Crippen molar-refractivity contribution in [2.75, 3.05) is 12.4 Å². The van der Waals surface area contributed by atoms with Crippen LogP contribution in [0.25, 0.3) is 0 Å². The molecule has 0 bridgehead atoms. The molecule has 2 N–H and O–H groups in total. The number of phenolic OH excluding ortho intramolecular Hbond substituents is 1. The number of thioether (sulfide) groups is 2. The minimum Gasteiger partial charge on any atom is -0.504 e. The zero-order chi connectivity index (χ0) is 21.2. The Morgan fingerprint density at radius 1 is 1.17 bits per heavy atom. The predicted molar refractivity (Wildman–Crippen MR) is 122 cm³/mol. The van der Waals surface area contributed by atoms with E-state index in [4.69, 9.17) is 4.74 Å². The number of nitrogens with zero attached hydrogens (tertiary/aromatic N) is 3. The number of aromatic hydroxyl groups is 1. The van der Waals surface area contributed by atoms with Gasteiger partial charge in [-0.1, -0.05) is 71.3 Å². The second-order valence-corrected chi connectivity index (χ2v) is 9.24. The first-order valence-electron chi connectivity index (χ1n) is 9.05. The van der Waals surface area contributed by atoms with Gasteiger partial charge in [-0.3, -0.25) is 4.79 Å². The number of benzene rings is 2. The molecule has 3 rings (SSSR count). The minimum atomic E-state index is -0.273. The summed E-state index contributed by atoms with van der Waals surface area (Å²) in [4.78, 5) is 12.0. The molecule has 1 amide bonds. The lowest BCUT2D eigenvalue weighted by atomic mass is 10.2. The Bertz CT molecular complexity index is 996. The fourth-order valence-corrected chi connectivity index (χ4v) is 5.05. The second kappa shape index (κ2) is 11.6. The number of nitrogens with one attached hydrogen (secondary N) is 1. The van der Waals surface area contributed by atoms with Crippen LogP contribution < -0.4 is 10.2 Å². The highest BCUT2D eigenvalue weighted by Gasteiger charge is 2.09. The Labute approximate surface area is 187 Å². The lowest BCUT2D eigenvalue weighted by molar-refractivity contribution is -0.118. The molecular formula is C20H20N4O3S3. The third-order valence-electron chi connectivity index (χ3n) is 3.64. The number of ether oxygens (including phenoxy) is 1. The van der Waals surface area contributed by atoms with Gasteiger partial charge in [0, 0.05) is 11.3 Å². The average molecular weight is 461 g/mol. The lowest BCUT2D eigenvalue weighted by Gasteiger charge is -2.07. The van der Waals surface area contributed by atoms with Crippen LogP contribution in [0.5, 0.6) is 11.5 Å². The Balaban J connectivity index is 1.43. The molecular weight excluding hydrogens is 440 g/mol. The van der Waals surface area contributed by atoms with Crippen LogP contribution in [0.1, 0.15) is 18.1 Å². The first-order chi connectivity index (χ1) is 14.7. The largest absolute Gasteiger partial charge is 0.504 e. The van der Waals surface area contributed by atoms with E-state index in [2.05, 4.69) is 32.9 Å². The van der Waals surface area contributed by atoms with Crippen LogP contribution in [0.3, 0.4) is 0 Å². The topological polar surface area (TPSA) is 96.7 Å². The Morgan fingerprint density at radius 3 is 2.70 bits per heavy atom. The van der Waals surface area contributed by atoms with Crippen molar-refractivity contribution in [3.05, 3.63) is 59.7 Å². The molecule has 30 heavy (non-hydrogen) atoms. The molecule has 0 atom stereocenters. The number of rotatable bonds is 10. The minimum absolute atomic E-state index is 0.0129. The molecule has 0 saturated heterocycles. The van der Waals surface area contributed by atoms with Crippen LogP contribution in [-0.4, -0.2) is 39.8 Å². The standard InChI is InChI=1S/C20H20N4O3S3/c1-2-27-16-10-6-9-15(18(16)26)11-21-22-17(25)13-29-20-24-23-19(30-20)28-12-14-7-4-3-5-8-14/h3-11,26H,2,12-13H2,1H3,(H,22,25)/b21-11+. The highest BCUT2D eigenvalue weighted by molar-refractivity contribution is 8.03. The Kier molecular flexibility index (Phi) is 8.54. The van der Waals surface area contributed by atoms with Gasteiger partial charge in [0.15, 0.2) is 20.2 Å². The van der Waals surface area contributed by atoms with Gasteiger partial charge in [0.2, 0.25) is 0 Å². The van der Waals surface area contributed by atoms with Crippen molar-refractivity contribution in [1.82, 2.24) is 15.6 Å². The summed E-state index contributed by atoms with van der Waals surface area (Å²) >= 11 is 4.39. The maximum absolute atomic E-state index is 12.0. The number of para-hydroxylation sites is 1. The SMILES string of the molecule is CCOc1cccc(/C=N/NC(=O)CSc2nnc(SCc3ccccc3)s2)c1O. The number of hydrogen-bond acceptors (Lipinski definition) is 9. The summed E-state index contributed by atoms with van der Waals surface area (Å²) in [5.41, 5.74) is 4.12. The van der Waals surface area contributed by atoms with Crippen LogP contribution >= 0.6 is 34.9 Å². The zero-order valence-electron chi connectivity index (χ0n) is 16.1. The molecule has 0 saturated carbocycles.